The minimum absolute atomic E-state index is 0.296. The molecule has 1 aromatic rings. The molecule has 0 aliphatic carbocycles. The number of nitrogens with two attached hydrogens (primary N) is 1. The van der Waals surface area contributed by atoms with Gasteiger partial charge in [0.15, 0.2) is 0 Å². The fourth-order valence-electron chi connectivity index (χ4n) is 1.44. The molecular formula is C12H16ClN3O2S. The molecule has 0 bridgehead atoms. The summed E-state index contributed by atoms with van der Waals surface area (Å²) in [6, 6.07) is 5.38. The molecule has 1 atom stereocenters. The van der Waals surface area contributed by atoms with E-state index in [1.807, 2.05) is 6.26 Å². The summed E-state index contributed by atoms with van der Waals surface area (Å²) in [6.45, 7) is 0. The average Bonchev–Trinajstić information content (AvgIpc) is 2.36. The van der Waals surface area contributed by atoms with Crippen molar-refractivity contribution in [2.45, 2.75) is 12.5 Å². The van der Waals surface area contributed by atoms with Gasteiger partial charge in [0.2, 0.25) is 5.91 Å². The summed E-state index contributed by atoms with van der Waals surface area (Å²) in [5.41, 5.74) is 5.68. The number of hydrogen-bond acceptors (Lipinski definition) is 3. The third kappa shape index (κ3) is 5.85. The van der Waals surface area contributed by atoms with Crippen molar-refractivity contribution in [1.29, 1.82) is 0 Å². The Balaban J connectivity index is 2.64. The molecule has 1 unspecified atom stereocenters. The first-order valence-corrected chi connectivity index (χ1v) is 7.41. The van der Waals surface area contributed by atoms with Crippen LogP contribution in [0, 0.1) is 0 Å². The third-order valence-corrected chi connectivity index (χ3v) is 3.25. The summed E-state index contributed by atoms with van der Waals surface area (Å²) >= 11 is 7.35. The lowest BCUT2D eigenvalue weighted by molar-refractivity contribution is -0.117. The number of nitrogens with one attached hydrogen (secondary N) is 2. The molecule has 0 aromatic heterocycles. The zero-order valence-corrected chi connectivity index (χ0v) is 12.1. The van der Waals surface area contributed by atoms with E-state index in [9.17, 15) is 9.59 Å². The molecule has 5 nitrogen and oxygen atoms in total. The number of amides is 3. The molecule has 4 N–H and O–H groups in total. The number of benzene rings is 1. The standard InChI is InChI=1S/C12H16ClN3O2S/c1-19-7-6-10(16-12(14)18)11(17)15-9-4-2-8(13)3-5-9/h2-5,10H,6-7H2,1H3,(H,15,17)(H3,14,16,18). The van der Waals surface area contributed by atoms with Gasteiger partial charge in [0.25, 0.3) is 0 Å². The lowest BCUT2D eigenvalue weighted by Gasteiger charge is -2.16. The van der Waals surface area contributed by atoms with Gasteiger partial charge >= 0.3 is 6.03 Å². The Morgan fingerprint density at radius 1 is 1.37 bits per heavy atom. The van der Waals surface area contributed by atoms with Gasteiger partial charge in [-0.05, 0) is 42.7 Å². The first-order valence-electron chi connectivity index (χ1n) is 5.64. The van der Waals surface area contributed by atoms with Gasteiger partial charge in [-0.25, -0.2) is 4.79 Å². The summed E-state index contributed by atoms with van der Waals surface area (Å²) in [4.78, 5) is 22.9. The van der Waals surface area contributed by atoms with Crippen molar-refractivity contribution in [2.24, 2.45) is 5.73 Å². The SMILES string of the molecule is CSCCC(NC(N)=O)C(=O)Nc1ccc(Cl)cc1. The number of rotatable bonds is 6. The molecule has 0 spiro atoms. The van der Waals surface area contributed by atoms with Crippen molar-refractivity contribution >= 4 is 41.0 Å². The van der Waals surface area contributed by atoms with Gasteiger partial charge in [0, 0.05) is 10.7 Å². The molecule has 0 fully saturated rings. The summed E-state index contributed by atoms with van der Waals surface area (Å²) in [7, 11) is 0. The van der Waals surface area contributed by atoms with E-state index in [1.54, 1.807) is 36.0 Å². The maximum atomic E-state index is 12.0. The quantitative estimate of drug-likeness (QED) is 0.752. The third-order valence-electron chi connectivity index (χ3n) is 2.36. The van der Waals surface area contributed by atoms with Crippen LogP contribution < -0.4 is 16.4 Å². The van der Waals surface area contributed by atoms with Crippen LogP contribution in [-0.4, -0.2) is 30.0 Å². The maximum absolute atomic E-state index is 12.0. The fraction of sp³-hybridized carbons (Fsp3) is 0.333. The predicted octanol–water partition coefficient (Wildman–Crippen LogP) is 2.07. The molecule has 3 amide bonds. The Labute approximate surface area is 121 Å². The maximum Gasteiger partial charge on any atom is 0.312 e. The highest BCUT2D eigenvalue weighted by atomic mass is 35.5. The highest BCUT2D eigenvalue weighted by Gasteiger charge is 2.19. The number of hydrogen-bond donors (Lipinski definition) is 3. The summed E-state index contributed by atoms with van der Waals surface area (Å²) in [5, 5.41) is 5.73. The fourth-order valence-corrected chi connectivity index (χ4v) is 2.04. The molecule has 104 valence electrons. The van der Waals surface area contributed by atoms with Crippen LogP contribution in [0.3, 0.4) is 0 Å². The van der Waals surface area contributed by atoms with E-state index in [4.69, 9.17) is 17.3 Å². The van der Waals surface area contributed by atoms with Gasteiger partial charge in [-0.1, -0.05) is 11.6 Å². The Hall–Kier alpha value is -1.40. The van der Waals surface area contributed by atoms with Crippen molar-refractivity contribution < 1.29 is 9.59 Å². The Bertz CT molecular complexity index is 439. The van der Waals surface area contributed by atoms with Crippen molar-refractivity contribution in [1.82, 2.24) is 5.32 Å². The van der Waals surface area contributed by atoms with E-state index in [-0.39, 0.29) is 5.91 Å². The van der Waals surface area contributed by atoms with Gasteiger partial charge in [-0.15, -0.1) is 0 Å². The summed E-state index contributed by atoms with van der Waals surface area (Å²) in [6.07, 6.45) is 2.45. The van der Waals surface area contributed by atoms with Crippen LogP contribution >= 0.6 is 23.4 Å². The summed E-state index contributed by atoms with van der Waals surface area (Å²) < 4.78 is 0. The van der Waals surface area contributed by atoms with Crippen molar-refractivity contribution in [3.63, 3.8) is 0 Å². The van der Waals surface area contributed by atoms with E-state index in [0.29, 0.717) is 17.1 Å². The van der Waals surface area contributed by atoms with E-state index in [0.717, 1.165) is 5.75 Å². The largest absolute Gasteiger partial charge is 0.352 e. The first-order chi connectivity index (χ1) is 9.02. The van der Waals surface area contributed by atoms with Crippen LogP contribution in [0.5, 0.6) is 0 Å². The molecule has 0 saturated heterocycles. The van der Waals surface area contributed by atoms with Gasteiger partial charge in [0.1, 0.15) is 6.04 Å². The van der Waals surface area contributed by atoms with Crippen molar-refractivity contribution in [2.75, 3.05) is 17.3 Å². The molecule has 7 heteroatoms. The number of anilines is 1. The first kappa shape index (κ1) is 15.7. The number of carbonyl (C=O) groups is 2. The van der Waals surface area contributed by atoms with Crippen LogP contribution in [0.25, 0.3) is 0 Å². The highest BCUT2D eigenvalue weighted by molar-refractivity contribution is 7.98. The molecule has 0 radical (unpaired) electrons. The molecule has 0 aliphatic heterocycles. The van der Waals surface area contributed by atoms with Crippen LogP contribution in [0.15, 0.2) is 24.3 Å². The second-order valence-corrected chi connectivity index (χ2v) is 5.26. The average molecular weight is 302 g/mol. The second-order valence-electron chi connectivity index (χ2n) is 3.84. The van der Waals surface area contributed by atoms with Crippen LogP contribution in [0.2, 0.25) is 5.02 Å². The topological polar surface area (TPSA) is 84.2 Å². The Morgan fingerprint density at radius 2 is 2.00 bits per heavy atom. The predicted molar refractivity (Wildman–Crippen MR) is 79.6 cm³/mol. The highest BCUT2D eigenvalue weighted by Crippen LogP contribution is 2.14. The van der Waals surface area contributed by atoms with Crippen molar-refractivity contribution in [3.05, 3.63) is 29.3 Å². The Kier molecular flexibility index (Phi) is 6.52. The van der Waals surface area contributed by atoms with Crippen LogP contribution in [0.1, 0.15) is 6.42 Å². The molecule has 0 heterocycles. The van der Waals surface area contributed by atoms with E-state index >= 15 is 0 Å². The van der Waals surface area contributed by atoms with Gasteiger partial charge in [-0.3, -0.25) is 4.79 Å². The molecular weight excluding hydrogens is 286 g/mol. The number of thioether (sulfide) groups is 1. The molecule has 0 saturated carbocycles. The van der Waals surface area contributed by atoms with Crippen LogP contribution in [0.4, 0.5) is 10.5 Å². The molecule has 1 rings (SSSR count). The zero-order valence-electron chi connectivity index (χ0n) is 10.5. The number of halogens is 1. The van der Waals surface area contributed by atoms with Gasteiger partial charge < -0.3 is 16.4 Å². The zero-order chi connectivity index (χ0) is 14.3. The molecule has 19 heavy (non-hydrogen) atoms. The molecule has 1 aromatic carbocycles. The van der Waals surface area contributed by atoms with E-state index in [2.05, 4.69) is 10.6 Å². The Morgan fingerprint density at radius 3 is 2.53 bits per heavy atom. The number of carbonyl (C=O) groups excluding carboxylic acids is 2. The summed E-state index contributed by atoms with van der Waals surface area (Å²) in [5.74, 6) is 0.453. The monoisotopic (exact) mass is 301 g/mol. The lowest BCUT2D eigenvalue weighted by Crippen LogP contribution is -2.46. The molecule has 0 aliphatic rings. The minimum atomic E-state index is -0.711. The smallest absolute Gasteiger partial charge is 0.312 e. The van der Waals surface area contributed by atoms with E-state index in [1.165, 1.54) is 0 Å². The lowest BCUT2D eigenvalue weighted by atomic mass is 10.2. The number of urea groups is 1. The minimum Gasteiger partial charge on any atom is -0.352 e. The second kappa shape index (κ2) is 7.91. The van der Waals surface area contributed by atoms with Gasteiger partial charge in [0.05, 0.1) is 0 Å². The van der Waals surface area contributed by atoms with Crippen molar-refractivity contribution in [3.8, 4) is 0 Å². The normalized spacial score (nSPS) is 11.7. The van der Waals surface area contributed by atoms with E-state index < -0.39 is 12.1 Å². The van der Waals surface area contributed by atoms with Crippen LogP contribution in [-0.2, 0) is 4.79 Å². The van der Waals surface area contributed by atoms with Gasteiger partial charge in [-0.2, -0.15) is 11.8 Å². The number of primary amides is 1.